The van der Waals surface area contributed by atoms with Crippen LogP contribution in [0.4, 0.5) is 0 Å². The van der Waals surface area contributed by atoms with Gasteiger partial charge in [0.15, 0.2) is 5.76 Å². The molecule has 0 radical (unpaired) electrons. The maximum absolute atomic E-state index is 9.04. The average molecular weight is 220 g/mol. The molecule has 0 aliphatic carbocycles. The zero-order valence-electron chi connectivity index (χ0n) is 9.10. The highest BCUT2D eigenvalue weighted by Crippen LogP contribution is 2.23. The molecular formula is C11H12N2O3. The first-order valence-corrected chi connectivity index (χ1v) is 4.83. The van der Waals surface area contributed by atoms with Gasteiger partial charge in [-0.05, 0) is 19.1 Å². The van der Waals surface area contributed by atoms with Crippen molar-refractivity contribution >= 4 is 0 Å². The molecular weight excluding hydrogens is 208 g/mol. The standard InChI is InChI=1S/C11H12N2O3/c1-7-8(6-14)5-10(16-7)9-3-4-11(15-2)13-12-9/h3-5,14H,6H2,1-2H3. The summed E-state index contributed by atoms with van der Waals surface area (Å²) < 4.78 is 10.4. The van der Waals surface area contributed by atoms with Gasteiger partial charge < -0.3 is 14.3 Å². The van der Waals surface area contributed by atoms with Crippen LogP contribution in [-0.4, -0.2) is 22.4 Å². The van der Waals surface area contributed by atoms with E-state index in [1.54, 1.807) is 25.1 Å². The van der Waals surface area contributed by atoms with E-state index >= 15 is 0 Å². The topological polar surface area (TPSA) is 68.4 Å². The number of aryl methyl sites for hydroxylation is 1. The number of methoxy groups -OCH3 is 1. The second-order valence-electron chi connectivity index (χ2n) is 3.31. The minimum Gasteiger partial charge on any atom is -0.480 e. The van der Waals surface area contributed by atoms with Crippen molar-refractivity contribution in [1.29, 1.82) is 0 Å². The Bertz CT molecular complexity index is 476. The summed E-state index contributed by atoms with van der Waals surface area (Å²) in [5, 5.41) is 16.8. The number of nitrogens with zero attached hydrogens (tertiary/aromatic N) is 2. The number of rotatable bonds is 3. The Kier molecular flexibility index (Phi) is 2.87. The second-order valence-corrected chi connectivity index (χ2v) is 3.31. The van der Waals surface area contributed by atoms with Crippen molar-refractivity contribution in [2.45, 2.75) is 13.5 Å². The van der Waals surface area contributed by atoms with Crippen LogP contribution < -0.4 is 4.74 Å². The molecule has 16 heavy (non-hydrogen) atoms. The van der Waals surface area contributed by atoms with Crippen LogP contribution in [-0.2, 0) is 6.61 Å². The quantitative estimate of drug-likeness (QED) is 0.849. The molecule has 0 spiro atoms. The van der Waals surface area contributed by atoms with Crippen LogP contribution in [0.1, 0.15) is 11.3 Å². The number of hydrogen-bond donors (Lipinski definition) is 1. The lowest BCUT2D eigenvalue weighted by molar-refractivity contribution is 0.279. The molecule has 2 aromatic rings. The SMILES string of the molecule is COc1ccc(-c2cc(CO)c(C)o2)nn1. The summed E-state index contributed by atoms with van der Waals surface area (Å²) in [4.78, 5) is 0. The van der Waals surface area contributed by atoms with Crippen molar-refractivity contribution in [2.24, 2.45) is 0 Å². The van der Waals surface area contributed by atoms with Crippen molar-refractivity contribution in [3.8, 4) is 17.3 Å². The highest BCUT2D eigenvalue weighted by Gasteiger charge is 2.10. The molecule has 0 aliphatic heterocycles. The zero-order chi connectivity index (χ0) is 11.5. The van der Waals surface area contributed by atoms with Crippen molar-refractivity contribution in [2.75, 3.05) is 7.11 Å². The molecule has 0 fully saturated rings. The van der Waals surface area contributed by atoms with Gasteiger partial charge in [-0.25, -0.2) is 0 Å². The lowest BCUT2D eigenvalue weighted by Gasteiger charge is -1.97. The van der Waals surface area contributed by atoms with Gasteiger partial charge in [0.05, 0.1) is 13.7 Å². The van der Waals surface area contributed by atoms with Gasteiger partial charge >= 0.3 is 0 Å². The second kappa shape index (κ2) is 4.32. The van der Waals surface area contributed by atoms with Gasteiger partial charge in [-0.2, -0.15) is 0 Å². The molecule has 0 unspecified atom stereocenters. The lowest BCUT2D eigenvalue weighted by Crippen LogP contribution is -1.91. The van der Waals surface area contributed by atoms with Crippen LogP contribution in [0.5, 0.6) is 5.88 Å². The van der Waals surface area contributed by atoms with Gasteiger partial charge in [-0.15, -0.1) is 10.2 Å². The minimum atomic E-state index is -0.0427. The van der Waals surface area contributed by atoms with E-state index in [4.69, 9.17) is 14.3 Å². The Morgan fingerprint density at radius 2 is 2.19 bits per heavy atom. The maximum atomic E-state index is 9.04. The molecule has 84 valence electrons. The summed E-state index contributed by atoms with van der Waals surface area (Å²) in [5.74, 6) is 1.74. The first-order chi connectivity index (χ1) is 7.74. The van der Waals surface area contributed by atoms with E-state index in [0.29, 0.717) is 23.1 Å². The van der Waals surface area contributed by atoms with E-state index in [0.717, 1.165) is 5.56 Å². The number of aromatic nitrogens is 2. The van der Waals surface area contributed by atoms with Crippen LogP contribution in [0.3, 0.4) is 0 Å². The summed E-state index contributed by atoms with van der Waals surface area (Å²) in [5.41, 5.74) is 1.37. The molecule has 0 aromatic carbocycles. The number of aliphatic hydroxyl groups is 1. The molecule has 2 aromatic heterocycles. The first-order valence-electron chi connectivity index (χ1n) is 4.83. The van der Waals surface area contributed by atoms with Gasteiger partial charge in [0.1, 0.15) is 11.5 Å². The van der Waals surface area contributed by atoms with Crippen LogP contribution in [0.15, 0.2) is 22.6 Å². The van der Waals surface area contributed by atoms with Crippen molar-refractivity contribution < 1.29 is 14.3 Å². The number of hydrogen-bond acceptors (Lipinski definition) is 5. The third-order valence-corrected chi connectivity index (χ3v) is 2.29. The van der Waals surface area contributed by atoms with Crippen molar-refractivity contribution in [3.05, 3.63) is 29.5 Å². The molecule has 1 N–H and O–H groups in total. The third-order valence-electron chi connectivity index (χ3n) is 2.29. The fraction of sp³-hybridized carbons (Fsp3) is 0.273. The van der Waals surface area contributed by atoms with E-state index in [1.807, 2.05) is 0 Å². The Morgan fingerprint density at radius 3 is 2.69 bits per heavy atom. The lowest BCUT2D eigenvalue weighted by atomic mass is 10.2. The van der Waals surface area contributed by atoms with E-state index in [1.165, 1.54) is 7.11 Å². The van der Waals surface area contributed by atoms with E-state index in [2.05, 4.69) is 10.2 Å². The molecule has 0 saturated carbocycles. The highest BCUT2D eigenvalue weighted by molar-refractivity contribution is 5.53. The van der Waals surface area contributed by atoms with Gasteiger partial charge in [0.2, 0.25) is 5.88 Å². The Hall–Kier alpha value is -1.88. The Morgan fingerprint density at radius 1 is 1.38 bits per heavy atom. The fourth-order valence-electron chi connectivity index (χ4n) is 1.36. The summed E-state index contributed by atoms with van der Waals surface area (Å²) in [6.07, 6.45) is 0. The molecule has 2 rings (SSSR count). The Balaban J connectivity index is 2.34. The molecule has 0 bridgehead atoms. The van der Waals surface area contributed by atoms with Gasteiger partial charge in [0.25, 0.3) is 0 Å². The monoisotopic (exact) mass is 220 g/mol. The van der Waals surface area contributed by atoms with Gasteiger partial charge in [0, 0.05) is 11.6 Å². The van der Waals surface area contributed by atoms with Crippen LogP contribution in [0.2, 0.25) is 0 Å². The number of furan rings is 1. The average Bonchev–Trinajstić information content (AvgIpc) is 2.71. The Labute approximate surface area is 92.7 Å². The molecule has 0 saturated heterocycles. The number of aliphatic hydroxyl groups excluding tert-OH is 1. The van der Waals surface area contributed by atoms with Gasteiger partial charge in [-0.1, -0.05) is 0 Å². The minimum absolute atomic E-state index is 0.0427. The van der Waals surface area contributed by atoms with E-state index < -0.39 is 0 Å². The molecule has 0 aliphatic rings. The van der Waals surface area contributed by atoms with Crippen molar-refractivity contribution in [1.82, 2.24) is 10.2 Å². The normalized spacial score (nSPS) is 10.4. The largest absolute Gasteiger partial charge is 0.480 e. The highest BCUT2D eigenvalue weighted by atomic mass is 16.5. The molecule has 0 atom stereocenters. The van der Waals surface area contributed by atoms with Crippen LogP contribution in [0.25, 0.3) is 11.5 Å². The fourth-order valence-corrected chi connectivity index (χ4v) is 1.36. The molecule has 0 amide bonds. The van der Waals surface area contributed by atoms with Crippen LogP contribution >= 0.6 is 0 Å². The molecule has 5 heteroatoms. The van der Waals surface area contributed by atoms with E-state index in [-0.39, 0.29) is 6.61 Å². The summed E-state index contributed by atoms with van der Waals surface area (Å²) in [7, 11) is 1.53. The zero-order valence-corrected chi connectivity index (χ0v) is 9.10. The summed E-state index contributed by atoms with van der Waals surface area (Å²) in [6.45, 7) is 1.75. The summed E-state index contributed by atoms with van der Waals surface area (Å²) in [6, 6.07) is 5.22. The van der Waals surface area contributed by atoms with Crippen molar-refractivity contribution in [3.63, 3.8) is 0 Å². The van der Waals surface area contributed by atoms with E-state index in [9.17, 15) is 0 Å². The molecule has 2 heterocycles. The third kappa shape index (κ3) is 1.90. The summed E-state index contributed by atoms with van der Waals surface area (Å²) >= 11 is 0. The smallest absolute Gasteiger partial charge is 0.233 e. The predicted molar refractivity (Wildman–Crippen MR) is 56.9 cm³/mol. The first kappa shape index (κ1) is 10.6. The maximum Gasteiger partial charge on any atom is 0.233 e. The van der Waals surface area contributed by atoms with Crippen LogP contribution in [0, 0.1) is 6.92 Å². The molecule has 5 nitrogen and oxygen atoms in total. The van der Waals surface area contributed by atoms with Gasteiger partial charge in [-0.3, -0.25) is 0 Å². The predicted octanol–water partition coefficient (Wildman–Crippen LogP) is 1.55. The number of ether oxygens (including phenoxy) is 1.